The lowest BCUT2D eigenvalue weighted by molar-refractivity contribution is -0.136. The summed E-state index contributed by atoms with van der Waals surface area (Å²) in [6.45, 7) is 5.83. The van der Waals surface area contributed by atoms with Crippen LogP contribution in [0.5, 0.6) is 0 Å². The highest BCUT2D eigenvalue weighted by Crippen LogP contribution is 2.34. The molecule has 36 heavy (non-hydrogen) atoms. The zero-order valence-electron chi connectivity index (χ0n) is 20.4. The molecule has 0 radical (unpaired) electrons. The molecular weight excluding hydrogens is 478 g/mol. The number of hydrogen-bond acceptors (Lipinski definition) is 7. The molecule has 5 rings (SSSR count). The van der Waals surface area contributed by atoms with E-state index in [1.165, 1.54) is 17.6 Å². The lowest BCUT2D eigenvalue weighted by Crippen LogP contribution is -2.54. The fourth-order valence-electron chi connectivity index (χ4n) is 5.09. The van der Waals surface area contributed by atoms with Gasteiger partial charge in [-0.25, -0.2) is 0 Å². The van der Waals surface area contributed by atoms with E-state index < -0.39 is 23.8 Å². The molecule has 8 nitrogen and oxygen atoms in total. The molecule has 2 fully saturated rings. The van der Waals surface area contributed by atoms with E-state index in [9.17, 15) is 19.2 Å². The van der Waals surface area contributed by atoms with Crippen LogP contribution in [-0.2, 0) is 13.8 Å². The molecule has 2 unspecified atom stereocenters. The van der Waals surface area contributed by atoms with Crippen LogP contribution >= 0.6 is 12.0 Å². The van der Waals surface area contributed by atoms with Crippen molar-refractivity contribution >= 4 is 41.4 Å². The average Bonchev–Trinajstić information content (AvgIpc) is 3.13. The molecule has 0 bridgehead atoms. The van der Waals surface area contributed by atoms with Crippen molar-refractivity contribution in [3.8, 4) is 0 Å². The van der Waals surface area contributed by atoms with Crippen LogP contribution in [0, 0.1) is 12.8 Å². The van der Waals surface area contributed by atoms with Crippen LogP contribution in [0.15, 0.2) is 47.4 Å². The highest BCUT2D eigenvalue weighted by atomic mass is 32.2. The number of carbonyl (C=O) groups is 4. The molecular formula is C27H29N3O5S. The topological polar surface area (TPSA) is 96.0 Å². The van der Waals surface area contributed by atoms with E-state index in [0.717, 1.165) is 41.4 Å². The van der Waals surface area contributed by atoms with Gasteiger partial charge in [0.1, 0.15) is 6.04 Å². The standard InChI is InChI=1S/C27H29N3O5S/c1-16-3-6-20(7-4-16)36-35-17(2)18-11-13-29(14-12-18)19-5-8-21-22(15-19)27(34)30(26(21)33)23-9-10-24(31)28-25(23)32/h3-8,15,17-18,23H,9-14H2,1-2H3,(H,28,31,32). The van der Waals surface area contributed by atoms with Crippen LogP contribution in [0.1, 0.15) is 58.9 Å². The SMILES string of the molecule is Cc1ccc(SOC(C)C2CCN(c3ccc4c(c3)C(=O)N(C3CCC(=O)NC3=O)C4=O)CC2)cc1. The largest absolute Gasteiger partial charge is 0.371 e. The van der Waals surface area contributed by atoms with Gasteiger partial charge in [-0.15, -0.1) is 0 Å². The van der Waals surface area contributed by atoms with E-state index in [4.69, 9.17) is 4.18 Å². The number of fused-ring (bicyclic) bond motifs is 1. The molecule has 1 N–H and O–H groups in total. The first-order valence-corrected chi connectivity index (χ1v) is 13.1. The van der Waals surface area contributed by atoms with Gasteiger partial charge < -0.3 is 9.08 Å². The quantitative estimate of drug-likeness (QED) is 0.470. The maximum atomic E-state index is 13.1. The van der Waals surface area contributed by atoms with Gasteiger partial charge in [-0.05, 0) is 69.4 Å². The van der Waals surface area contributed by atoms with Crippen molar-refractivity contribution in [3.63, 3.8) is 0 Å². The molecule has 0 spiro atoms. The minimum absolute atomic E-state index is 0.107. The molecule has 0 saturated carbocycles. The van der Waals surface area contributed by atoms with Gasteiger partial charge in [-0.1, -0.05) is 17.7 Å². The van der Waals surface area contributed by atoms with Crippen LogP contribution in [0.25, 0.3) is 0 Å². The van der Waals surface area contributed by atoms with Gasteiger partial charge in [0.25, 0.3) is 11.8 Å². The van der Waals surface area contributed by atoms with Crippen LogP contribution in [-0.4, -0.2) is 53.8 Å². The van der Waals surface area contributed by atoms with E-state index in [0.29, 0.717) is 17.0 Å². The molecule has 9 heteroatoms. The molecule has 0 aliphatic carbocycles. The van der Waals surface area contributed by atoms with Crippen molar-refractivity contribution in [2.45, 2.75) is 56.6 Å². The number of rotatable bonds is 6. The number of hydrogen-bond donors (Lipinski definition) is 1. The smallest absolute Gasteiger partial charge is 0.262 e. The van der Waals surface area contributed by atoms with Crippen molar-refractivity contribution in [1.82, 2.24) is 10.2 Å². The molecule has 188 valence electrons. The summed E-state index contributed by atoms with van der Waals surface area (Å²) >= 11 is 1.42. The fraction of sp³-hybridized carbons (Fsp3) is 0.407. The Morgan fingerprint density at radius 3 is 2.33 bits per heavy atom. The summed E-state index contributed by atoms with van der Waals surface area (Å²) < 4.78 is 6.08. The first-order chi connectivity index (χ1) is 17.3. The van der Waals surface area contributed by atoms with E-state index in [1.807, 2.05) is 6.07 Å². The Bertz CT molecular complexity index is 1210. The Labute approximate surface area is 214 Å². The van der Waals surface area contributed by atoms with Crippen molar-refractivity contribution in [1.29, 1.82) is 0 Å². The van der Waals surface area contributed by atoms with Crippen LogP contribution in [0.4, 0.5) is 5.69 Å². The third-order valence-corrected chi connectivity index (χ3v) is 8.17. The maximum Gasteiger partial charge on any atom is 0.262 e. The number of carbonyl (C=O) groups excluding carboxylic acids is 4. The van der Waals surface area contributed by atoms with Gasteiger partial charge in [-0.2, -0.15) is 0 Å². The zero-order valence-corrected chi connectivity index (χ0v) is 21.2. The van der Waals surface area contributed by atoms with Gasteiger partial charge in [0.05, 0.1) is 17.2 Å². The second-order valence-electron chi connectivity index (χ2n) is 9.70. The van der Waals surface area contributed by atoms with Gasteiger partial charge in [-0.3, -0.25) is 29.4 Å². The van der Waals surface area contributed by atoms with Crippen LogP contribution < -0.4 is 10.2 Å². The lowest BCUT2D eigenvalue weighted by atomic mass is 9.92. The third kappa shape index (κ3) is 4.77. The van der Waals surface area contributed by atoms with E-state index in [-0.39, 0.29) is 24.9 Å². The fourth-order valence-corrected chi connectivity index (χ4v) is 5.75. The molecule has 3 aliphatic heterocycles. The zero-order chi connectivity index (χ0) is 25.4. The second kappa shape index (κ2) is 10.1. The maximum absolute atomic E-state index is 13.1. The number of nitrogens with zero attached hydrogens (tertiary/aromatic N) is 2. The summed E-state index contributed by atoms with van der Waals surface area (Å²) in [4.78, 5) is 54.1. The predicted octanol–water partition coefficient (Wildman–Crippen LogP) is 3.73. The first kappa shape index (κ1) is 24.5. The number of piperidine rings is 2. The van der Waals surface area contributed by atoms with Crippen molar-refractivity contribution in [2.75, 3.05) is 18.0 Å². The number of aryl methyl sites for hydroxylation is 1. The third-order valence-electron chi connectivity index (χ3n) is 7.31. The molecule has 2 aromatic carbocycles. The second-order valence-corrected chi connectivity index (χ2v) is 10.5. The molecule has 2 saturated heterocycles. The van der Waals surface area contributed by atoms with Gasteiger partial charge in [0, 0.05) is 42.1 Å². The molecule has 3 heterocycles. The van der Waals surface area contributed by atoms with Crippen LogP contribution in [0.3, 0.4) is 0 Å². The Morgan fingerprint density at radius 2 is 1.64 bits per heavy atom. The number of benzene rings is 2. The van der Waals surface area contributed by atoms with Crippen molar-refractivity contribution < 1.29 is 23.4 Å². The summed E-state index contributed by atoms with van der Waals surface area (Å²) in [7, 11) is 0. The highest BCUT2D eigenvalue weighted by Gasteiger charge is 2.44. The number of imide groups is 2. The minimum atomic E-state index is -0.950. The predicted molar refractivity (Wildman–Crippen MR) is 136 cm³/mol. The lowest BCUT2D eigenvalue weighted by Gasteiger charge is -2.35. The molecule has 2 aromatic rings. The Balaban J connectivity index is 1.20. The highest BCUT2D eigenvalue weighted by molar-refractivity contribution is 7.94. The van der Waals surface area contributed by atoms with E-state index in [2.05, 4.69) is 48.3 Å². The molecule has 2 atom stereocenters. The number of anilines is 1. The van der Waals surface area contributed by atoms with Crippen molar-refractivity contribution in [3.05, 3.63) is 59.2 Å². The van der Waals surface area contributed by atoms with E-state index in [1.54, 1.807) is 12.1 Å². The average molecular weight is 508 g/mol. The number of amides is 4. The van der Waals surface area contributed by atoms with Gasteiger partial charge in [0.15, 0.2) is 0 Å². The molecule has 3 aliphatic rings. The summed E-state index contributed by atoms with van der Waals surface area (Å²) in [6.07, 6.45) is 2.29. The number of nitrogens with one attached hydrogen (secondary N) is 1. The van der Waals surface area contributed by atoms with Gasteiger partial charge in [0.2, 0.25) is 11.8 Å². The Hall–Kier alpha value is -3.17. The Morgan fingerprint density at radius 1 is 0.944 bits per heavy atom. The summed E-state index contributed by atoms with van der Waals surface area (Å²) in [5, 5.41) is 2.23. The Kier molecular flexibility index (Phi) is 6.85. The van der Waals surface area contributed by atoms with E-state index >= 15 is 0 Å². The molecule has 4 amide bonds. The van der Waals surface area contributed by atoms with Gasteiger partial charge >= 0.3 is 0 Å². The normalized spacial score (nSPS) is 21.6. The van der Waals surface area contributed by atoms with Crippen LogP contribution in [0.2, 0.25) is 0 Å². The minimum Gasteiger partial charge on any atom is -0.371 e. The monoisotopic (exact) mass is 507 g/mol. The first-order valence-electron chi connectivity index (χ1n) is 12.3. The summed E-state index contributed by atoms with van der Waals surface area (Å²) in [5.74, 6) is -1.50. The van der Waals surface area contributed by atoms with Crippen molar-refractivity contribution in [2.24, 2.45) is 5.92 Å². The summed E-state index contributed by atoms with van der Waals surface area (Å²) in [6, 6.07) is 12.6. The molecule has 0 aromatic heterocycles. The summed E-state index contributed by atoms with van der Waals surface area (Å²) in [5.41, 5.74) is 2.73.